The molecule has 9 nitrogen and oxygen atoms in total. The van der Waals surface area contributed by atoms with Gasteiger partial charge >= 0.3 is 0 Å². The maximum atomic E-state index is 12.2. The molecule has 0 aliphatic rings. The third kappa shape index (κ3) is 5.58. The molecular formula is C12H20N6O3S. The minimum absolute atomic E-state index is 0.00262. The van der Waals surface area contributed by atoms with Crippen LogP contribution in [0.1, 0.15) is 12.8 Å². The number of benzene rings is 1. The van der Waals surface area contributed by atoms with Crippen molar-refractivity contribution in [3.05, 3.63) is 24.3 Å². The summed E-state index contributed by atoms with van der Waals surface area (Å²) in [5.41, 5.74) is 21.5. The standard InChI is InChI=1S/C12H20N6O3S/c13-8-3-5-9(6-4-8)22(20,21)18-10(11(14)19)2-1-7-17-12(15)16/h3-6,10,18H,1-2,7,13H2,(H2,14,19)(H4,15,16,17). The predicted molar refractivity (Wildman–Crippen MR) is 84.1 cm³/mol. The fraction of sp³-hybridized carbons (Fsp3) is 0.333. The molecule has 0 saturated carbocycles. The summed E-state index contributed by atoms with van der Waals surface area (Å²) in [6.07, 6.45) is 0.579. The highest BCUT2D eigenvalue weighted by Crippen LogP contribution is 2.13. The van der Waals surface area contributed by atoms with Crippen molar-refractivity contribution in [3.8, 4) is 0 Å². The van der Waals surface area contributed by atoms with E-state index >= 15 is 0 Å². The molecule has 1 rings (SSSR count). The molecular weight excluding hydrogens is 308 g/mol. The van der Waals surface area contributed by atoms with Crippen molar-refractivity contribution in [3.63, 3.8) is 0 Å². The first kappa shape index (κ1) is 17.7. The van der Waals surface area contributed by atoms with Crippen LogP contribution >= 0.6 is 0 Å². The Labute approximate surface area is 128 Å². The minimum Gasteiger partial charge on any atom is -0.399 e. The summed E-state index contributed by atoms with van der Waals surface area (Å²) in [7, 11) is -3.87. The zero-order chi connectivity index (χ0) is 16.8. The molecule has 0 spiro atoms. The van der Waals surface area contributed by atoms with Crippen LogP contribution in [0.4, 0.5) is 5.69 Å². The number of aliphatic imine (C=N–C) groups is 1. The van der Waals surface area contributed by atoms with E-state index in [1.54, 1.807) is 0 Å². The van der Waals surface area contributed by atoms with Crippen molar-refractivity contribution in [2.24, 2.45) is 22.2 Å². The van der Waals surface area contributed by atoms with Gasteiger partial charge in [0.15, 0.2) is 5.96 Å². The number of nitrogens with zero attached hydrogens (tertiary/aromatic N) is 1. The molecule has 1 aromatic rings. The molecule has 9 N–H and O–H groups in total. The Morgan fingerprint density at radius 3 is 2.27 bits per heavy atom. The number of nitrogen functional groups attached to an aromatic ring is 1. The molecule has 10 heteroatoms. The molecule has 0 heterocycles. The van der Waals surface area contributed by atoms with Crippen molar-refractivity contribution in [2.45, 2.75) is 23.8 Å². The van der Waals surface area contributed by atoms with Gasteiger partial charge in [-0.05, 0) is 37.1 Å². The summed E-state index contributed by atoms with van der Waals surface area (Å²) in [5.74, 6) is -0.846. The van der Waals surface area contributed by atoms with E-state index in [0.29, 0.717) is 12.1 Å². The Hall–Kier alpha value is -2.33. The number of carbonyl (C=O) groups is 1. The number of primary amides is 1. The van der Waals surface area contributed by atoms with Gasteiger partial charge in [-0.2, -0.15) is 4.72 Å². The maximum absolute atomic E-state index is 12.2. The van der Waals surface area contributed by atoms with Gasteiger partial charge in [-0.1, -0.05) is 0 Å². The molecule has 0 aromatic heterocycles. The molecule has 0 saturated heterocycles. The van der Waals surface area contributed by atoms with Gasteiger partial charge in [0.2, 0.25) is 15.9 Å². The highest BCUT2D eigenvalue weighted by atomic mass is 32.2. The van der Waals surface area contributed by atoms with Crippen LogP contribution in [-0.4, -0.2) is 32.9 Å². The SMILES string of the molecule is NC(=O)C(CCCN=C(N)N)NS(=O)(=O)c1ccc(N)cc1. The number of hydrogen-bond donors (Lipinski definition) is 5. The van der Waals surface area contributed by atoms with Gasteiger partial charge in [0, 0.05) is 12.2 Å². The molecule has 1 atom stereocenters. The van der Waals surface area contributed by atoms with Crippen molar-refractivity contribution < 1.29 is 13.2 Å². The van der Waals surface area contributed by atoms with Gasteiger partial charge in [0.1, 0.15) is 6.04 Å². The number of carbonyl (C=O) groups excluding carboxylic acids is 1. The van der Waals surface area contributed by atoms with E-state index < -0.39 is 22.0 Å². The Morgan fingerprint density at radius 1 is 1.18 bits per heavy atom. The number of nitrogens with one attached hydrogen (secondary N) is 1. The van der Waals surface area contributed by atoms with Gasteiger partial charge in [0.05, 0.1) is 4.90 Å². The molecule has 1 amide bonds. The number of anilines is 1. The Morgan fingerprint density at radius 2 is 1.77 bits per heavy atom. The molecule has 0 fully saturated rings. The second-order valence-electron chi connectivity index (χ2n) is 4.59. The van der Waals surface area contributed by atoms with E-state index in [-0.39, 0.29) is 23.8 Å². The molecule has 0 aliphatic heterocycles. The molecule has 1 aromatic carbocycles. The Bertz CT molecular complexity index is 637. The largest absolute Gasteiger partial charge is 0.399 e. The van der Waals surface area contributed by atoms with Crippen LogP contribution < -0.4 is 27.7 Å². The Balaban J connectivity index is 2.75. The zero-order valence-corrected chi connectivity index (χ0v) is 12.7. The van der Waals surface area contributed by atoms with E-state index in [0.717, 1.165) is 0 Å². The molecule has 0 radical (unpaired) electrons. The van der Waals surface area contributed by atoms with Crippen molar-refractivity contribution >= 4 is 27.6 Å². The number of guanidine groups is 1. The number of amides is 1. The third-order valence-electron chi connectivity index (χ3n) is 2.78. The van der Waals surface area contributed by atoms with Crippen LogP contribution in [0, 0.1) is 0 Å². The second kappa shape index (κ2) is 7.61. The smallest absolute Gasteiger partial charge is 0.241 e. The van der Waals surface area contributed by atoms with E-state index in [1.165, 1.54) is 24.3 Å². The summed E-state index contributed by atoms with van der Waals surface area (Å²) >= 11 is 0. The van der Waals surface area contributed by atoms with E-state index in [4.69, 9.17) is 22.9 Å². The first-order valence-corrected chi connectivity index (χ1v) is 7.93. The van der Waals surface area contributed by atoms with Crippen molar-refractivity contribution in [1.82, 2.24) is 4.72 Å². The number of sulfonamides is 1. The normalized spacial score (nSPS) is 12.5. The van der Waals surface area contributed by atoms with Crippen LogP contribution in [0.25, 0.3) is 0 Å². The zero-order valence-electron chi connectivity index (χ0n) is 11.9. The number of hydrogen-bond acceptors (Lipinski definition) is 5. The highest BCUT2D eigenvalue weighted by Gasteiger charge is 2.23. The first-order chi connectivity index (χ1) is 10.2. The molecule has 122 valence electrons. The van der Waals surface area contributed by atoms with Gasteiger partial charge < -0.3 is 22.9 Å². The quantitative estimate of drug-likeness (QED) is 0.167. The second-order valence-corrected chi connectivity index (χ2v) is 6.31. The average molecular weight is 328 g/mol. The molecule has 1 unspecified atom stereocenters. The van der Waals surface area contributed by atoms with Gasteiger partial charge in [-0.15, -0.1) is 0 Å². The summed E-state index contributed by atoms with van der Waals surface area (Å²) in [4.78, 5) is 15.1. The highest BCUT2D eigenvalue weighted by molar-refractivity contribution is 7.89. The van der Waals surface area contributed by atoms with Crippen LogP contribution in [-0.2, 0) is 14.8 Å². The lowest BCUT2D eigenvalue weighted by Gasteiger charge is -2.15. The van der Waals surface area contributed by atoms with Crippen LogP contribution in [0.2, 0.25) is 0 Å². The number of nitrogens with two attached hydrogens (primary N) is 4. The monoisotopic (exact) mass is 328 g/mol. The lowest BCUT2D eigenvalue weighted by molar-refractivity contribution is -0.119. The molecule has 0 aliphatic carbocycles. The van der Waals surface area contributed by atoms with Crippen LogP contribution in [0.5, 0.6) is 0 Å². The summed E-state index contributed by atoms with van der Waals surface area (Å²) in [6, 6.07) is 4.54. The van der Waals surface area contributed by atoms with Crippen LogP contribution in [0.3, 0.4) is 0 Å². The minimum atomic E-state index is -3.87. The fourth-order valence-corrected chi connectivity index (χ4v) is 2.90. The summed E-state index contributed by atoms with van der Waals surface area (Å²) in [5, 5.41) is 0. The average Bonchev–Trinajstić information content (AvgIpc) is 2.42. The van der Waals surface area contributed by atoms with E-state index in [1.807, 2.05) is 0 Å². The fourth-order valence-electron chi connectivity index (χ4n) is 1.67. The lowest BCUT2D eigenvalue weighted by Crippen LogP contribution is -2.44. The maximum Gasteiger partial charge on any atom is 0.241 e. The summed E-state index contributed by atoms with van der Waals surface area (Å²) < 4.78 is 26.6. The lowest BCUT2D eigenvalue weighted by atomic mass is 10.1. The molecule has 0 bridgehead atoms. The number of rotatable bonds is 8. The molecule has 22 heavy (non-hydrogen) atoms. The van der Waals surface area contributed by atoms with E-state index in [2.05, 4.69) is 9.71 Å². The van der Waals surface area contributed by atoms with Gasteiger partial charge in [-0.25, -0.2) is 8.42 Å². The van der Waals surface area contributed by atoms with Gasteiger partial charge in [0.25, 0.3) is 0 Å². The van der Waals surface area contributed by atoms with Crippen LogP contribution in [0.15, 0.2) is 34.2 Å². The third-order valence-corrected chi connectivity index (χ3v) is 4.26. The van der Waals surface area contributed by atoms with Crippen molar-refractivity contribution in [1.29, 1.82) is 0 Å². The first-order valence-electron chi connectivity index (χ1n) is 6.45. The van der Waals surface area contributed by atoms with Crippen molar-refractivity contribution in [2.75, 3.05) is 12.3 Å². The van der Waals surface area contributed by atoms with Gasteiger partial charge in [-0.3, -0.25) is 9.79 Å². The van der Waals surface area contributed by atoms with E-state index in [9.17, 15) is 13.2 Å². The predicted octanol–water partition coefficient (Wildman–Crippen LogP) is -1.55. The topological polar surface area (TPSA) is 180 Å². The summed E-state index contributed by atoms with van der Waals surface area (Å²) in [6.45, 7) is 0.274. The Kier molecular flexibility index (Phi) is 6.13.